The van der Waals surface area contributed by atoms with E-state index in [2.05, 4.69) is 10.2 Å². The van der Waals surface area contributed by atoms with Crippen LogP contribution in [0.1, 0.15) is 11.1 Å². The van der Waals surface area contributed by atoms with Gasteiger partial charge in [0.1, 0.15) is 5.75 Å². The van der Waals surface area contributed by atoms with Crippen LogP contribution in [0.4, 0.5) is 11.4 Å². The lowest BCUT2D eigenvalue weighted by atomic mass is 10.1. The normalized spacial score (nSPS) is 14.2. The van der Waals surface area contributed by atoms with Gasteiger partial charge in [0.2, 0.25) is 0 Å². The summed E-state index contributed by atoms with van der Waals surface area (Å²) in [4.78, 5) is 14.6. The molecule has 1 amide bonds. The first-order valence-electron chi connectivity index (χ1n) is 8.65. The standard InChI is InChI=1S/C20H23ClN2O3/c1-14-4-3-5-19(15(14)2)26-13-20(24)22-17-12-16(21)6-7-18(17)23-8-10-25-11-9-23/h3-7,12H,8-11,13H2,1-2H3,(H,22,24). The third-order valence-corrected chi connectivity index (χ3v) is 4.73. The summed E-state index contributed by atoms with van der Waals surface area (Å²) in [5, 5.41) is 3.50. The molecule has 1 aliphatic rings. The van der Waals surface area contributed by atoms with E-state index in [0.29, 0.717) is 23.9 Å². The lowest BCUT2D eigenvalue weighted by Crippen LogP contribution is -2.37. The summed E-state index contributed by atoms with van der Waals surface area (Å²) in [6, 6.07) is 11.3. The first kappa shape index (κ1) is 18.5. The molecule has 1 saturated heterocycles. The van der Waals surface area contributed by atoms with Crippen LogP contribution in [-0.4, -0.2) is 38.8 Å². The number of amides is 1. The second kappa shape index (κ2) is 8.43. The predicted molar refractivity (Wildman–Crippen MR) is 105 cm³/mol. The largest absolute Gasteiger partial charge is 0.483 e. The van der Waals surface area contributed by atoms with Crippen molar-refractivity contribution in [3.8, 4) is 5.75 Å². The van der Waals surface area contributed by atoms with Crippen molar-refractivity contribution in [2.75, 3.05) is 43.1 Å². The summed E-state index contributed by atoms with van der Waals surface area (Å²) < 4.78 is 11.1. The van der Waals surface area contributed by atoms with Gasteiger partial charge in [-0.3, -0.25) is 4.79 Å². The molecule has 1 N–H and O–H groups in total. The van der Waals surface area contributed by atoms with Crippen molar-refractivity contribution in [2.45, 2.75) is 13.8 Å². The average Bonchev–Trinajstić information content (AvgIpc) is 2.64. The van der Waals surface area contributed by atoms with Crippen LogP contribution in [0, 0.1) is 13.8 Å². The third kappa shape index (κ3) is 4.48. The van der Waals surface area contributed by atoms with Crippen LogP contribution in [0.15, 0.2) is 36.4 Å². The molecule has 0 radical (unpaired) electrons. The molecular formula is C20H23ClN2O3. The Kier molecular flexibility index (Phi) is 6.01. The fourth-order valence-corrected chi connectivity index (χ4v) is 3.07. The molecular weight excluding hydrogens is 352 g/mol. The molecule has 1 aliphatic heterocycles. The van der Waals surface area contributed by atoms with Gasteiger partial charge in [0, 0.05) is 18.1 Å². The molecule has 2 aromatic carbocycles. The number of halogens is 1. The van der Waals surface area contributed by atoms with E-state index in [1.54, 1.807) is 6.07 Å². The maximum atomic E-state index is 12.4. The predicted octanol–water partition coefficient (Wildman–Crippen LogP) is 3.81. The zero-order valence-corrected chi connectivity index (χ0v) is 15.8. The first-order chi connectivity index (χ1) is 12.5. The van der Waals surface area contributed by atoms with E-state index in [1.807, 2.05) is 44.2 Å². The molecule has 0 saturated carbocycles. The number of benzene rings is 2. The molecule has 1 heterocycles. The molecule has 0 spiro atoms. The zero-order valence-electron chi connectivity index (χ0n) is 15.0. The molecule has 6 heteroatoms. The molecule has 1 fully saturated rings. The number of carbonyl (C=O) groups is 1. The van der Waals surface area contributed by atoms with Gasteiger partial charge in [-0.05, 0) is 49.2 Å². The molecule has 5 nitrogen and oxygen atoms in total. The number of hydrogen-bond donors (Lipinski definition) is 1. The van der Waals surface area contributed by atoms with Gasteiger partial charge >= 0.3 is 0 Å². The van der Waals surface area contributed by atoms with Crippen molar-refractivity contribution < 1.29 is 14.3 Å². The molecule has 3 rings (SSSR count). The summed E-state index contributed by atoms with van der Waals surface area (Å²) in [6.07, 6.45) is 0. The molecule has 26 heavy (non-hydrogen) atoms. The summed E-state index contributed by atoms with van der Waals surface area (Å²) in [5.74, 6) is 0.502. The number of aryl methyl sites for hydroxylation is 1. The van der Waals surface area contributed by atoms with Crippen molar-refractivity contribution in [1.82, 2.24) is 0 Å². The Balaban J connectivity index is 1.68. The van der Waals surface area contributed by atoms with Crippen LogP contribution in [0.5, 0.6) is 5.75 Å². The Morgan fingerprint density at radius 3 is 2.77 bits per heavy atom. The van der Waals surface area contributed by atoms with E-state index in [1.165, 1.54) is 0 Å². The Morgan fingerprint density at radius 1 is 1.23 bits per heavy atom. The highest BCUT2D eigenvalue weighted by atomic mass is 35.5. The Labute approximate surface area is 158 Å². The zero-order chi connectivity index (χ0) is 18.5. The number of ether oxygens (including phenoxy) is 2. The highest BCUT2D eigenvalue weighted by Crippen LogP contribution is 2.30. The number of morpholine rings is 1. The minimum Gasteiger partial charge on any atom is -0.483 e. The minimum absolute atomic E-state index is 0.0562. The maximum absolute atomic E-state index is 12.4. The minimum atomic E-state index is -0.220. The molecule has 138 valence electrons. The van der Waals surface area contributed by atoms with Crippen molar-refractivity contribution in [3.05, 3.63) is 52.5 Å². The van der Waals surface area contributed by atoms with E-state index in [-0.39, 0.29) is 12.5 Å². The number of nitrogens with one attached hydrogen (secondary N) is 1. The lowest BCUT2D eigenvalue weighted by Gasteiger charge is -2.30. The lowest BCUT2D eigenvalue weighted by molar-refractivity contribution is -0.118. The monoisotopic (exact) mass is 374 g/mol. The molecule has 0 unspecified atom stereocenters. The summed E-state index contributed by atoms with van der Waals surface area (Å²) in [6.45, 7) is 6.85. The highest BCUT2D eigenvalue weighted by molar-refractivity contribution is 6.31. The molecule has 0 atom stereocenters. The molecule has 0 aliphatic carbocycles. The van der Waals surface area contributed by atoms with E-state index in [4.69, 9.17) is 21.1 Å². The van der Waals surface area contributed by atoms with Crippen molar-refractivity contribution >= 4 is 28.9 Å². The SMILES string of the molecule is Cc1cccc(OCC(=O)Nc2cc(Cl)ccc2N2CCOCC2)c1C. The van der Waals surface area contributed by atoms with Gasteiger partial charge in [-0.1, -0.05) is 23.7 Å². The second-order valence-corrected chi connectivity index (χ2v) is 6.73. The van der Waals surface area contributed by atoms with Gasteiger partial charge in [0.15, 0.2) is 6.61 Å². The van der Waals surface area contributed by atoms with Crippen LogP contribution in [0.25, 0.3) is 0 Å². The van der Waals surface area contributed by atoms with Gasteiger partial charge in [0.25, 0.3) is 5.91 Å². The fraction of sp³-hybridized carbons (Fsp3) is 0.350. The van der Waals surface area contributed by atoms with Crippen LogP contribution >= 0.6 is 11.6 Å². The number of nitrogens with zero attached hydrogens (tertiary/aromatic N) is 1. The van der Waals surface area contributed by atoms with Gasteiger partial charge in [-0.25, -0.2) is 0 Å². The van der Waals surface area contributed by atoms with E-state index in [0.717, 1.165) is 35.7 Å². The van der Waals surface area contributed by atoms with Crippen LogP contribution in [0.2, 0.25) is 5.02 Å². The number of anilines is 2. The topological polar surface area (TPSA) is 50.8 Å². The average molecular weight is 375 g/mol. The summed E-state index contributed by atoms with van der Waals surface area (Å²) in [7, 11) is 0. The number of carbonyl (C=O) groups excluding carboxylic acids is 1. The third-order valence-electron chi connectivity index (χ3n) is 4.50. The number of rotatable bonds is 5. The van der Waals surface area contributed by atoms with Gasteiger partial charge < -0.3 is 19.7 Å². The van der Waals surface area contributed by atoms with Gasteiger partial charge in [0.05, 0.1) is 24.6 Å². The second-order valence-electron chi connectivity index (χ2n) is 6.30. The molecule has 0 bridgehead atoms. The Bertz CT molecular complexity index is 789. The van der Waals surface area contributed by atoms with Crippen molar-refractivity contribution in [1.29, 1.82) is 0 Å². The van der Waals surface area contributed by atoms with Gasteiger partial charge in [-0.15, -0.1) is 0 Å². The summed E-state index contributed by atoms with van der Waals surface area (Å²) >= 11 is 6.12. The van der Waals surface area contributed by atoms with Crippen molar-refractivity contribution in [3.63, 3.8) is 0 Å². The fourth-order valence-electron chi connectivity index (χ4n) is 2.90. The maximum Gasteiger partial charge on any atom is 0.262 e. The van der Waals surface area contributed by atoms with Crippen LogP contribution in [-0.2, 0) is 9.53 Å². The number of hydrogen-bond acceptors (Lipinski definition) is 4. The van der Waals surface area contributed by atoms with Gasteiger partial charge in [-0.2, -0.15) is 0 Å². The van der Waals surface area contributed by atoms with Crippen LogP contribution in [0.3, 0.4) is 0 Å². The molecule has 0 aromatic heterocycles. The van der Waals surface area contributed by atoms with E-state index < -0.39 is 0 Å². The quantitative estimate of drug-likeness (QED) is 0.864. The smallest absolute Gasteiger partial charge is 0.262 e. The van der Waals surface area contributed by atoms with E-state index in [9.17, 15) is 4.79 Å². The van der Waals surface area contributed by atoms with E-state index >= 15 is 0 Å². The van der Waals surface area contributed by atoms with Crippen LogP contribution < -0.4 is 15.0 Å². The Hall–Kier alpha value is -2.24. The summed E-state index contributed by atoms with van der Waals surface area (Å²) in [5.41, 5.74) is 3.80. The Morgan fingerprint density at radius 2 is 2.00 bits per heavy atom. The first-order valence-corrected chi connectivity index (χ1v) is 9.03. The highest BCUT2D eigenvalue weighted by Gasteiger charge is 2.17. The molecule has 2 aromatic rings. The van der Waals surface area contributed by atoms with Crippen molar-refractivity contribution in [2.24, 2.45) is 0 Å².